The van der Waals surface area contributed by atoms with Gasteiger partial charge in [-0.05, 0) is 18.6 Å². The number of hydrogen-bond acceptors (Lipinski definition) is 3. The fourth-order valence-corrected chi connectivity index (χ4v) is 2.24. The van der Waals surface area contributed by atoms with Crippen LogP contribution in [0.15, 0.2) is 18.2 Å². The van der Waals surface area contributed by atoms with Crippen LogP contribution in [0.5, 0.6) is 0 Å². The number of aromatic nitrogens is 2. The van der Waals surface area contributed by atoms with E-state index in [2.05, 4.69) is 9.97 Å². The highest BCUT2D eigenvalue weighted by Gasteiger charge is 2.28. The number of para-hydroxylation sites is 1. The number of nitrogens with zero attached hydrogens (tertiary/aromatic N) is 1. The monoisotopic (exact) mass is 270 g/mol. The number of aromatic amines is 1. The van der Waals surface area contributed by atoms with Crippen molar-refractivity contribution in [1.29, 1.82) is 0 Å². The average Bonchev–Trinajstić information content (AvgIpc) is 2.70. The van der Waals surface area contributed by atoms with Crippen molar-refractivity contribution in [1.82, 2.24) is 9.97 Å². The zero-order valence-corrected chi connectivity index (χ0v) is 10.3. The maximum Gasteiger partial charge on any atom is 0.371 e. The van der Waals surface area contributed by atoms with Gasteiger partial charge in [-0.25, -0.2) is 9.78 Å². The number of carboxylic acid groups (broad SMARTS) is 1. The van der Waals surface area contributed by atoms with Gasteiger partial charge >= 0.3 is 13.6 Å². The number of hydrogen-bond donors (Lipinski definition) is 4. The van der Waals surface area contributed by atoms with Crippen LogP contribution in [0, 0.1) is 0 Å². The Hall–Kier alpha value is -1.69. The number of aromatic carboxylic acids is 1. The number of benzene rings is 1. The number of imidazole rings is 1. The average molecular weight is 270 g/mol. The van der Waals surface area contributed by atoms with Gasteiger partial charge in [0, 0.05) is 0 Å². The minimum atomic E-state index is -4.30. The molecular weight excluding hydrogens is 259 g/mol. The summed E-state index contributed by atoms with van der Waals surface area (Å²) in [5.41, 5.74) is -0.00773. The molecule has 0 spiro atoms. The van der Waals surface area contributed by atoms with Gasteiger partial charge in [0.15, 0.2) is 0 Å². The molecule has 0 bridgehead atoms. The summed E-state index contributed by atoms with van der Waals surface area (Å²) in [4.78, 5) is 35.6. The molecule has 7 nitrogen and oxygen atoms in total. The van der Waals surface area contributed by atoms with Gasteiger partial charge in [-0.15, -0.1) is 0 Å². The third kappa shape index (κ3) is 2.15. The number of fused-ring (bicyclic) bond motifs is 1. The molecule has 96 valence electrons. The van der Waals surface area contributed by atoms with Crippen LogP contribution in [-0.2, 0) is 4.57 Å². The number of rotatable bonds is 3. The van der Waals surface area contributed by atoms with Crippen LogP contribution in [0.3, 0.4) is 0 Å². The van der Waals surface area contributed by atoms with Gasteiger partial charge in [0.25, 0.3) is 0 Å². The van der Waals surface area contributed by atoms with Crippen LogP contribution >= 0.6 is 7.60 Å². The molecule has 0 saturated heterocycles. The van der Waals surface area contributed by atoms with Crippen LogP contribution in [0.25, 0.3) is 11.0 Å². The standard InChI is InChI=1S/C10H11N2O5P/c1-5(18(15,16)17)6-3-2-4-7-8(6)12-9(11-7)10(13)14/h2-5H,1H3,(H,11,12)(H,13,14)(H2,15,16,17). The Morgan fingerprint density at radius 1 is 1.44 bits per heavy atom. The lowest BCUT2D eigenvalue weighted by Gasteiger charge is -2.13. The zero-order valence-electron chi connectivity index (χ0n) is 9.36. The second kappa shape index (κ2) is 4.20. The first kappa shape index (κ1) is 12.8. The van der Waals surface area contributed by atoms with Crippen molar-refractivity contribution >= 4 is 24.6 Å². The summed E-state index contributed by atoms with van der Waals surface area (Å²) < 4.78 is 11.3. The summed E-state index contributed by atoms with van der Waals surface area (Å²) >= 11 is 0. The molecule has 2 aromatic rings. The lowest BCUT2D eigenvalue weighted by molar-refractivity contribution is 0.0685. The summed E-state index contributed by atoms with van der Waals surface area (Å²) in [5, 5.41) is 8.83. The van der Waals surface area contributed by atoms with Gasteiger partial charge in [0.2, 0.25) is 5.82 Å². The van der Waals surface area contributed by atoms with E-state index in [9.17, 15) is 19.1 Å². The largest absolute Gasteiger partial charge is 0.475 e. The van der Waals surface area contributed by atoms with Crippen molar-refractivity contribution in [2.75, 3.05) is 0 Å². The van der Waals surface area contributed by atoms with E-state index in [4.69, 9.17) is 5.11 Å². The highest BCUT2D eigenvalue weighted by molar-refractivity contribution is 7.52. The molecule has 1 heterocycles. The summed E-state index contributed by atoms with van der Waals surface area (Å²) in [7, 11) is -4.30. The van der Waals surface area contributed by atoms with Gasteiger partial charge in [0.1, 0.15) is 0 Å². The molecule has 0 radical (unpaired) electrons. The van der Waals surface area contributed by atoms with Crippen LogP contribution in [0.4, 0.5) is 0 Å². The lowest BCUT2D eigenvalue weighted by Crippen LogP contribution is -1.98. The van der Waals surface area contributed by atoms with Crippen molar-refractivity contribution < 1.29 is 24.3 Å². The smallest absolute Gasteiger partial charge is 0.371 e. The van der Waals surface area contributed by atoms with Gasteiger partial charge in [-0.3, -0.25) is 4.57 Å². The molecule has 0 saturated carbocycles. The van der Waals surface area contributed by atoms with Crippen LogP contribution in [0.2, 0.25) is 0 Å². The summed E-state index contributed by atoms with van der Waals surface area (Å²) in [6, 6.07) is 4.72. The number of nitrogens with one attached hydrogen (secondary N) is 1. The molecule has 1 unspecified atom stereocenters. The van der Waals surface area contributed by atoms with Crippen LogP contribution < -0.4 is 0 Å². The van der Waals surface area contributed by atoms with E-state index in [-0.39, 0.29) is 11.3 Å². The normalized spacial score (nSPS) is 13.7. The molecule has 0 amide bonds. The van der Waals surface area contributed by atoms with Gasteiger partial charge in [0.05, 0.1) is 16.7 Å². The van der Waals surface area contributed by atoms with Gasteiger partial charge in [-0.1, -0.05) is 12.1 Å². The first-order valence-corrected chi connectivity index (χ1v) is 6.76. The van der Waals surface area contributed by atoms with Gasteiger partial charge in [-0.2, -0.15) is 0 Å². The topological polar surface area (TPSA) is 124 Å². The maximum atomic E-state index is 11.3. The Balaban J connectivity index is 2.65. The van der Waals surface area contributed by atoms with Crippen molar-refractivity contribution in [2.45, 2.75) is 12.6 Å². The Morgan fingerprint density at radius 3 is 2.67 bits per heavy atom. The molecule has 0 fully saturated rings. The molecule has 1 atom stereocenters. The van der Waals surface area contributed by atoms with Crippen molar-refractivity contribution in [3.05, 3.63) is 29.6 Å². The molecule has 0 aliphatic carbocycles. The van der Waals surface area contributed by atoms with Crippen molar-refractivity contribution in [3.63, 3.8) is 0 Å². The first-order chi connectivity index (χ1) is 8.30. The second-order valence-electron chi connectivity index (χ2n) is 3.90. The van der Waals surface area contributed by atoms with Crippen molar-refractivity contribution in [2.24, 2.45) is 0 Å². The fraction of sp³-hybridized carbons (Fsp3) is 0.200. The molecule has 1 aromatic carbocycles. The third-order valence-corrected chi connectivity index (χ3v) is 3.99. The molecule has 8 heteroatoms. The highest BCUT2D eigenvalue weighted by atomic mass is 31.2. The van der Waals surface area contributed by atoms with E-state index in [0.29, 0.717) is 11.1 Å². The molecule has 1 aromatic heterocycles. The van der Waals surface area contributed by atoms with Crippen molar-refractivity contribution in [3.8, 4) is 0 Å². The number of H-pyrrole nitrogens is 1. The lowest BCUT2D eigenvalue weighted by atomic mass is 10.1. The molecular formula is C10H11N2O5P. The molecule has 18 heavy (non-hydrogen) atoms. The van der Waals surface area contributed by atoms with E-state index in [1.54, 1.807) is 12.1 Å². The Morgan fingerprint density at radius 2 is 2.11 bits per heavy atom. The summed E-state index contributed by atoms with van der Waals surface area (Å²) in [5.74, 6) is -1.48. The Labute approximate surface area is 102 Å². The Bertz CT molecular complexity index is 659. The SMILES string of the molecule is CC(c1cccc2[nH]c(C(=O)O)nc12)P(=O)(O)O. The molecule has 2 rings (SSSR count). The minimum absolute atomic E-state index is 0.254. The van der Waals surface area contributed by atoms with E-state index in [1.807, 2.05) is 0 Å². The predicted octanol–water partition coefficient (Wildman–Crippen LogP) is 1.50. The second-order valence-corrected chi connectivity index (χ2v) is 5.85. The number of carbonyl (C=O) groups is 1. The fourth-order valence-electron chi connectivity index (χ4n) is 1.67. The molecule has 0 aliphatic rings. The molecule has 4 N–H and O–H groups in total. The summed E-state index contributed by atoms with van der Waals surface area (Å²) in [6.07, 6.45) is 0. The summed E-state index contributed by atoms with van der Waals surface area (Å²) in [6.45, 7) is 1.38. The van der Waals surface area contributed by atoms with Crippen LogP contribution in [0.1, 0.15) is 28.8 Å². The number of carboxylic acids is 1. The minimum Gasteiger partial charge on any atom is -0.475 e. The highest BCUT2D eigenvalue weighted by Crippen LogP contribution is 2.52. The predicted molar refractivity (Wildman–Crippen MR) is 63.5 cm³/mol. The quantitative estimate of drug-likeness (QED) is 0.626. The van der Waals surface area contributed by atoms with Crippen LogP contribution in [-0.4, -0.2) is 30.8 Å². The first-order valence-electron chi connectivity index (χ1n) is 5.08. The van der Waals surface area contributed by atoms with E-state index in [1.165, 1.54) is 13.0 Å². The Kier molecular flexibility index (Phi) is 2.98. The molecule has 0 aliphatic heterocycles. The van der Waals surface area contributed by atoms with E-state index < -0.39 is 19.2 Å². The zero-order chi connectivity index (χ0) is 13.5. The van der Waals surface area contributed by atoms with E-state index >= 15 is 0 Å². The third-order valence-electron chi connectivity index (χ3n) is 2.70. The van der Waals surface area contributed by atoms with Gasteiger partial charge < -0.3 is 19.9 Å². The van der Waals surface area contributed by atoms with E-state index in [0.717, 1.165) is 0 Å². The maximum absolute atomic E-state index is 11.3.